The van der Waals surface area contributed by atoms with E-state index in [0.29, 0.717) is 12.4 Å². The summed E-state index contributed by atoms with van der Waals surface area (Å²) in [5, 5.41) is 19.5. The maximum Gasteiger partial charge on any atom is 0.342 e. The number of benzene rings is 1. The predicted octanol–water partition coefficient (Wildman–Crippen LogP) is 2.47. The lowest BCUT2D eigenvalue weighted by Gasteiger charge is -2.05. The van der Waals surface area contributed by atoms with E-state index in [0.717, 1.165) is 18.9 Å². The topological polar surface area (TPSA) is 89.7 Å². The SMILES string of the molecule is CCCCOc1ccc(C(=O)O)c([N+](=O)[O-])c1. The number of aromatic carboxylic acids is 1. The molecule has 1 N–H and O–H groups in total. The second kappa shape index (κ2) is 5.83. The summed E-state index contributed by atoms with van der Waals surface area (Å²) in [7, 11) is 0. The number of carbonyl (C=O) groups is 1. The van der Waals surface area contributed by atoms with Crippen LogP contribution in [0.1, 0.15) is 30.1 Å². The van der Waals surface area contributed by atoms with E-state index in [9.17, 15) is 14.9 Å². The Hall–Kier alpha value is -2.11. The number of carboxylic acids is 1. The number of nitro benzene ring substituents is 1. The minimum atomic E-state index is -1.32. The van der Waals surface area contributed by atoms with Gasteiger partial charge in [0.2, 0.25) is 0 Å². The highest BCUT2D eigenvalue weighted by Gasteiger charge is 2.20. The van der Waals surface area contributed by atoms with Crippen LogP contribution in [0.5, 0.6) is 5.75 Å². The fourth-order valence-corrected chi connectivity index (χ4v) is 1.27. The van der Waals surface area contributed by atoms with Crippen molar-refractivity contribution in [3.05, 3.63) is 33.9 Å². The van der Waals surface area contributed by atoms with Gasteiger partial charge < -0.3 is 9.84 Å². The van der Waals surface area contributed by atoms with Gasteiger partial charge in [-0.15, -0.1) is 0 Å². The van der Waals surface area contributed by atoms with Gasteiger partial charge in [-0.05, 0) is 18.6 Å². The third-order valence-electron chi connectivity index (χ3n) is 2.16. The first-order valence-corrected chi connectivity index (χ1v) is 5.20. The van der Waals surface area contributed by atoms with Crippen molar-refractivity contribution in [2.24, 2.45) is 0 Å². The molecule has 0 heterocycles. The molecular weight excluding hydrogens is 226 g/mol. The first-order chi connectivity index (χ1) is 8.06. The van der Waals surface area contributed by atoms with Gasteiger partial charge in [-0.1, -0.05) is 13.3 Å². The predicted molar refractivity (Wildman–Crippen MR) is 60.5 cm³/mol. The van der Waals surface area contributed by atoms with Crippen LogP contribution in [0.3, 0.4) is 0 Å². The highest BCUT2D eigenvalue weighted by Crippen LogP contribution is 2.24. The van der Waals surface area contributed by atoms with E-state index in [1.54, 1.807) is 0 Å². The van der Waals surface area contributed by atoms with Crippen LogP contribution in [-0.4, -0.2) is 22.6 Å². The van der Waals surface area contributed by atoms with Crippen molar-refractivity contribution in [2.45, 2.75) is 19.8 Å². The Bertz CT molecular complexity index is 430. The molecule has 0 saturated carbocycles. The van der Waals surface area contributed by atoms with Crippen molar-refractivity contribution < 1.29 is 19.6 Å². The van der Waals surface area contributed by atoms with E-state index < -0.39 is 16.6 Å². The molecule has 0 fully saturated rings. The molecule has 0 aromatic heterocycles. The summed E-state index contributed by atoms with van der Waals surface area (Å²) in [6, 6.07) is 3.74. The van der Waals surface area contributed by atoms with Crippen molar-refractivity contribution in [1.29, 1.82) is 0 Å². The molecule has 17 heavy (non-hydrogen) atoms. The molecule has 0 amide bonds. The van der Waals surface area contributed by atoms with Crippen molar-refractivity contribution in [3.63, 3.8) is 0 Å². The Morgan fingerprint density at radius 1 is 1.53 bits per heavy atom. The van der Waals surface area contributed by atoms with Crippen LogP contribution in [0.2, 0.25) is 0 Å². The van der Waals surface area contributed by atoms with Crippen LogP contribution >= 0.6 is 0 Å². The Balaban J connectivity index is 2.94. The van der Waals surface area contributed by atoms with Crippen molar-refractivity contribution in [3.8, 4) is 5.75 Å². The number of unbranched alkanes of at least 4 members (excludes halogenated alkanes) is 1. The first kappa shape index (κ1) is 13.0. The Morgan fingerprint density at radius 2 is 2.24 bits per heavy atom. The van der Waals surface area contributed by atoms with E-state index in [1.807, 2.05) is 6.92 Å². The third kappa shape index (κ3) is 3.44. The summed E-state index contributed by atoms with van der Waals surface area (Å²) in [5.74, 6) is -1.01. The highest BCUT2D eigenvalue weighted by atomic mass is 16.6. The average Bonchev–Trinajstić information content (AvgIpc) is 2.29. The Kier molecular flexibility index (Phi) is 4.45. The number of hydrogen-bond acceptors (Lipinski definition) is 4. The van der Waals surface area contributed by atoms with Gasteiger partial charge in [0, 0.05) is 0 Å². The van der Waals surface area contributed by atoms with Gasteiger partial charge in [0.1, 0.15) is 11.3 Å². The molecule has 1 rings (SSSR count). The molecule has 0 unspecified atom stereocenters. The normalized spacial score (nSPS) is 9.94. The van der Waals surface area contributed by atoms with Gasteiger partial charge >= 0.3 is 5.97 Å². The van der Waals surface area contributed by atoms with Gasteiger partial charge in [-0.2, -0.15) is 0 Å². The molecule has 6 heteroatoms. The third-order valence-corrected chi connectivity index (χ3v) is 2.16. The molecule has 0 bridgehead atoms. The molecule has 0 aliphatic carbocycles. The van der Waals surface area contributed by atoms with Crippen LogP contribution in [0.4, 0.5) is 5.69 Å². The molecular formula is C11H13NO5. The molecule has 0 atom stereocenters. The second-order valence-corrected chi connectivity index (χ2v) is 3.44. The van der Waals surface area contributed by atoms with E-state index in [4.69, 9.17) is 9.84 Å². The lowest BCUT2D eigenvalue weighted by molar-refractivity contribution is -0.385. The summed E-state index contributed by atoms with van der Waals surface area (Å²) in [6.07, 6.45) is 1.80. The van der Waals surface area contributed by atoms with Crippen molar-refractivity contribution >= 4 is 11.7 Å². The zero-order valence-corrected chi connectivity index (χ0v) is 9.38. The maximum absolute atomic E-state index is 10.8. The number of nitro groups is 1. The fraction of sp³-hybridized carbons (Fsp3) is 0.364. The Morgan fingerprint density at radius 3 is 2.76 bits per heavy atom. The minimum Gasteiger partial charge on any atom is -0.493 e. The maximum atomic E-state index is 10.8. The summed E-state index contributed by atoms with van der Waals surface area (Å²) < 4.78 is 5.27. The van der Waals surface area contributed by atoms with Gasteiger partial charge in [-0.3, -0.25) is 10.1 Å². The zero-order valence-electron chi connectivity index (χ0n) is 9.38. The van der Waals surface area contributed by atoms with Crippen molar-refractivity contribution in [2.75, 3.05) is 6.61 Å². The summed E-state index contributed by atoms with van der Waals surface area (Å²) in [4.78, 5) is 20.7. The van der Waals surface area contributed by atoms with Gasteiger partial charge in [0.15, 0.2) is 0 Å². The molecule has 0 aliphatic rings. The summed E-state index contributed by atoms with van der Waals surface area (Å²) in [6.45, 7) is 2.46. The number of ether oxygens (including phenoxy) is 1. The van der Waals surface area contributed by atoms with E-state index >= 15 is 0 Å². The summed E-state index contributed by atoms with van der Waals surface area (Å²) in [5.41, 5.74) is -0.788. The quantitative estimate of drug-likeness (QED) is 0.468. The summed E-state index contributed by atoms with van der Waals surface area (Å²) >= 11 is 0. The highest BCUT2D eigenvalue weighted by molar-refractivity contribution is 5.92. The molecule has 1 aromatic rings. The Labute approximate surface area is 98.0 Å². The lowest BCUT2D eigenvalue weighted by Crippen LogP contribution is -2.04. The van der Waals surface area contributed by atoms with Gasteiger partial charge in [0.25, 0.3) is 5.69 Å². The molecule has 0 aliphatic heterocycles. The second-order valence-electron chi connectivity index (χ2n) is 3.44. The van der Waals surface area contributed by atoms with Crippen LogP contribution in [0, 0.1) is 10.1 Å². The number of rotatable bonds is 6. The fourth-order valence-electron chi connectivity index (χ4n) is 1.27. The smallest absolute Gasteiger partial charge is 0.342 e. The molecule has 1 aromatic carbocycles. The van der Waals surface area contributed by atoms with Crippen LogP contribution < -0.4 is 4.74 Å². The molecule has 92 valence electrons. The zero-order chi connectivity index (χ0) is 12.8. The van der Waals surface area contributed by atoms with Gasteiger partial charge in [-0.25, -0.2) is 4.79 Å². The van der Waals surface area contributed by atoms with Crippen LogP contribution in [-0.2, 0) is 0 Å². The average molecular weight is 239 g/mol. The largest absolute Gasteiger partial charge is 0.493 e. The van der Waals surface area contributed by atoms with E-state index in [1.165, 1.54) is 12.1 Å². The standard InChI is InChI=1S/C11H13NO5/c1-2-3-6-17-8-4-5-9(11(13)14)10(7-8)12(15)16/h4-5,7H,2-3,6H2,1H3,(H,13,14). The number of hydrogen-bond donors (Lipinski definition) is 1. The number of nitrogens with zero attached hydrogens (tertiary/aromatic N) is 1. The molecule has 0 radical (unpaired) electrons. The van der Waals surface area contributed by atoms with Crippen molar-refractivity contribution in [1.82, 2.24) is 0 Å². The van der Waals surface area contributed by atoms with Crippen LogP contribution in [0.15, 0.2) is 18.2 Å². The van der Waals surface area contributed by atoms with Crippen LogP contribution in [0.25, 0.3) is 0 Å². The molecule has 0 spiro atoms. The monoisotopic (exact) mass is 239 g/mol. The first-order valence-electron chi connectivity index (χ1n) is 5.20. The number of carboxylic acid groups (broad SMARTS) is 1. The van der Waals surface area contributed by atoms with E-state index in [-0.39, 0.29) is 5.56 Å². The molecule has 6 nitrogen and oxygen atoms in total. The molecule has 0 saturated heterocycles. The van der Waals surface area contributed by atoms with Gasteiger partial charge in [0.05, 0.1) is 17.6 Å². The lowest BCUT2D eigenvalue weighted by atomic mass is 10.2. The van der Waals surface area contributed by atoms with E-state index in [2.05, 4.69) is 0 Å². The minimum absolute atomic E-state index is 0.315.